The Balaban J connectivity index is 1.96. The minimum Gasteiger partial charge on any atom is -0.315 e. The molecule has 5 heteroatoms. The molecule has 0 spiro atoms. The predicted molar refractivity (Wildman–Crippen MR) is 67.8 cm³/mol. The first-order valence-corrected chi connectivity index (χ1v) is 6.29. The molecule has 0 amide bonds. The summed E-state index contributed by atoms with van der Waals surface area (Å²) in [5.74, 6) is 0. The lowest BCUT2D eigenvalue weighted by atomic mass is 10.1. The number of hydrogen-bond acceptors (Lipinski definition) is 4. The number of nitrogens with one attached hydrogen (secondary N) is 1. The van der Waals surface area contributed by atoms with Gasteiger partial charge in [-0.05, 0) is 40.8 Å². The second-order valence-corrected chi connectivity index (χ2v) is 5.89. The van der Waals surface area contributed by atoms with E-state index in [0.717, 1.165) is 25.3 Å². The molecule has 96 valence electrons. The first-order valence-electron chi connectivity index (χ1n) is 6.29. The smallest absolute Gasteiger partial charge is 0.0967 e. The van der Waals surface area contributed by atoms with Crippen molar-refractivity contribution in [1.29, 1.82) is 0 Å². The maximum atomic E-state index is 4.24. The van der Waals surface area contributed by atoms with Gasteiger partial charge in [-0.25, -0.2) is 4.68 Å². The van der Waals surface area contributed by atoms with E-state index in [-0.39, 0.29) is 5.54 Å². The fourth-order valence-corrected chi connectivity index (χ4v) is 2.10. The average molecular weight is 237 g/mol. The van der Waals surface area contributed by atoms with Gasteiger partial charge in [0.05, 0.1) is 17.4 Å². The fraction of sp³-hybridized carbons (Fsp3) is 0.833. The van der Waals surface area contributed by atoms with Gasteiger partial charge < -0.3 is 5.32 Å². The van der Waals surface area contributed by atoms with Crippen molar-refractivity contribution in [2.75, 3.05) is 20.1 Å². The molecule has 1 N–H and O–H groups in total. The lowest BCUT2D eigenvalue weighted by Gasteiger charge is -2.22. The fourth-order valence-electron chi connectivity index (χ4n) is 2.10. The Hall–Kier alpha value is -0.940. The van der Waals surface area contributed by atoms with E-state index in [1.54, 1.807) is 0 Å². The molecule has 5 nitrogen and oxygen atoms in total. The van der Waals surface area contributed by atoms with Crippen LogP contribution in [0.15, 0.2) is 6.20 Å². The topological polar surface area (TPSA) is 46.0 Å². The van der Waals surface area contributed by atoms with Gasteiger partial charge in [-0.2, -0.15) is 0 Å². The molecule has 1 aliphatic heterocycles. The molecule has 1 fully saturated rings. The second kappa shape index (κ2) is 4.74. The molecule has 1 aliphatic rings. The van der Waals surface area contributed by atoms with Crippen molar-refractivity contribution in [3.63, 3.8) is 0 Å². The first kappa shape index (κ1) is 12.5. The van der Waals surface area contributed by atoms with E-state index < -0.39 is 0 Å². The summed E-state index contributed by atoms with van der Waals surface area (Å²) in [4.78, 5) is 2.36. The van der Waals surface area contributed by atoms with Crippen LogP contribution < -0.4 is 5.32 Å². The van der Waals surface area contributed by atoms with Crippen molar-refractivity contribution < 1.29 is 0 Å². The van der Waals surface area contributed by atoms with Crippen molar-refractivity contribution in [1.82, 2.24) is 25.2 Å². The zero-order valence-corrected chi connectivity index (χ0v) is 11.3. The van der Waals surface area contributed by atoms with E-state index >= 15 is 0 Å². The van der Waals surface area contributed by atoms with E-state index in [1.165, 1.54) is 6.42 Å². The van der Waals surface area contributed by atoms with Crippen LogP contribution in [0.3, 0.4) is 0 Å². The van der Waals surface area contributed by atoms with E-state index in [0.29, 0.717) is 6.04 Å². The Kier molecular flexibility index (Phi) is 3.49. The van der Waals surface area contributed by atoms with Crippen molar-refractivity contribution in [3.05, 3.63) is 11.9 Å². The van der Waals surface area contributed by atoms with Gasteiger partial charge in [0.15, 0.2) is 0 Å². The molecule has 0 saturated carbocycles. The molecule has 1 atom stereocenters. The summed E-state index contributed by atoms with van der Waals surface area (Å²) in [5, 5.41) is 11.8. The molecule has 2 rings (SSSR count). The third kappa shape index (κ3) is 3.04. The molecule has 1 aromatic rings. The molecular weight excluding hydrogens is 214 g/mol. The normalized spacial score (nSPS) is 21.4. The van der Waals surface area contributed by atoms with Crippen LogP contribution in [-0.2, 0) is 12.1 Å². The van der Waals surface area contributed by atoms with Gasteiger partial charge in [0.25, 0.3) is 0 Å². The first-order chi connectivity index (χ1) is 7.97. The summed E-state index contributed by atoms with van der Waals surface area (Å²) in [5.41, 5.74) is 1.06. The van der Waals surface area contributed by atoms with Crippen LogP contribution in [0.4, 0.5) is 0 Å². The van der Waals surface area contributed by atoms with Gasteiger partial charge in [0.1, 0.15) is 0 Å². The van der Waals surface area contributed by atoms with Gasteiger partial charge >= 0.3 is 0 Å². The van der Waals surface area contributed by atoms with Crippen LogP contribution in [0.1, 0.15) is 32.9 Å². The van der Waals surface area contributed by atoms with Crippen LogP contribution in [0.25, 0.3) is 0 Å². The third-order valence-corrected chi connectivity index (χ3v) is 3.30. The molecule has 1 unspecified atom stereocenters. The molecule has 1 saturated heterocycles. The van der Waals surface area contributed by atoms with Crippen LogP contribution in [0.5, 0.6) is 0 Å². The summed E-state index contributed by atoms with van der Waals surface area (Å²) in [6.07, 6.45) is 3.28. The maximum Gasteiger partial charge on any atom is 0.0967 e. The third-order valence-electron chi connectivity index (χ3n) is 3.30. The average Bonchev–Trinajstić information content (AvgIpc) is 2.85. The van der Waals surface area contributed by atoms with Gasteiger partial charge in [0.2, 0.25) is 0 Å². The van der Waals surface area contributed by atoms with Crippen molar-refractivity contribution >= 4 is 0 Å². The summed E-state index contributed by atoms with van der Waals surface area (Å²) in [6.45, 7) is 9.50. The Morgan fingerprint density at radius 2 is 2.29 bits per heavy atom. The molecule has 0 aromatic carbocycles. The van der Waals surface area contributed by atoms with Crippen LogP contribution in [-0.4, -0.2) is 46.1 Å². The monoisotopic (exact) mass is 237 g/mol. The van der Waals surface area contributed by atoms with Gasteiger partial charge in [-0.15, -0.1) is 5.10 Å². The minimum atomic E-state index is 0.0126. The molecular formula is C12H23N5. The highest BCUT2D eigenvalue weighted by Gasteiger charge is 2.21. The number of hydrogen-bond donors (Lipinski definition) is 1. The minimum absolute atomic E-state index is 0.0126. The zero-order valence-electron chi connectivity index (χ0n) is 11.3. The molecule has 1 aromatic heterocycles. The lowest BCUT2D eigenvalue weighted by Crippen LogP contribution is -2.33. The highest BCUT2D eigenvalue weighted by atomic mass is 15.4. The molecule has 0 aliphatic carbocycles. The van der Waals surface area contributed by atoms with Gasteiger partial charge in [0, 0.05) is 19.1 Å². The number of aromatic nitrogens is 3. The zero-order chi connectivity index (χ0) is 12.5. The Morgan fingerprint density at radius 3 is 2.82 bits per heavy atom. The van der Waals surface area contributed by atoms with Gasteiger partial charge in [-0.1, -0.05) is 5.21 Å². The van der Waals surface area contributed by atoms with E-state index in [1.807, 2.05) is 4.68 Å². The SMILES string of the molecule is CN(Cc1cn(C(C)(C)C)nn1)C1CCNC1. The highest BCUT2D eigenvalue weighted by molar-refractivity contribution is 4.95. The largest absolute Gasteiger partial charge is 0.315 e. The molecule has 17 heavy (non-hydrogen) atoms. The standard InChI is InChI=1S/C12H23N5/c1-12(2,3)17-9-10(14-15-17)8-16(4)11-5-6-13-7-11/h9,11,13H,5-8H2,1-4H3. The van der Waals surface area contributed by atoms with E-state index in [9.17, 15) is 0 Å². The molecule has 2 heterocycles. The highest BCUT2D eigenvalue weighted by Crippen LogP contribution is 2.14. The second-order valence-electron chi connectivity index (χ2n) is 5.89. The number of nitrogens with zero attached hydrogens (tertiary/aromatic N) is 4. The van der Waals surface area contributed by atoms with E-state index in [2.05, 4.69) is 54.5 Å². The Morgan fingerprint density at radius 1 is 1.53 bits per heavy atom. The maximum absolute atomic E-state index is 4.24. The van der Waals surface area contributed by atoms with Crippen molar-refractivity contribution in [2.24, 2.45) is 0 Å². The Bertz CT molecular complexity index is 359. The van der Waals surface area contributed by atoms with Crippen LogP contribution in [0.2, 0.25) is 0 Å². The lowest BCUT2D eigenvalue weighted by molar-refractivity contribution is 0.246. The number of rotatable bonds is 3. The van der Waals surface area contributed by atoms with Crippen molar-refractivity contribution in [3.8, 4) is 0 Å². The number of likely N-dealkylation sites (N-methyl/N-ethyl adjacent to an activating group) is 1. The summed E-state index contributed by atoms with van der Waals surface area (Å²) in [6, 6.07) is 0.634. The van der Waals surface area contributed by atoms with Crippen molar-refractivity contribution in [2.45, 2.75) is 45.3 Å². The van der Waals surface area contributed by atoms with E-state index in [4.69, 9.17) is 0 Å². The predicted octanol–water partition coefficient (Wildman–Crippen LogP) is 0.827. The van der Waals surface area contributed by atoms with Crippen LogP contribution >= 0.6 is 0 Å². The summed E-state index contributed by atoms with van der Waals surface area (Å²) < 4.78 is 1.93. The summed E-state index contributed by atoms with van der Waals surface area (Å²) >= 11 is 0. The summed E-state index contributed by atoms with van der Waals surface area (Å²) in [7, 11) is 2.16. The van der Waals surface area contributed by atoms with Gasteiger partial charge in [-0.3, -0.25) is 4.90 Å². The molecule has 0 bridgehead atoms. The van der Waals surface area contributed by atoms with Crippen LogP contribution in [0, 0.1) is 0 Å². The Labute approximate surface area is 103 Å². The quantitative estimate of drug-likeness (QED) is 0.846. The molecule has 0 radical (unpaired) electrons.